The maximum atomic E-state index is 8.84. The molecule has 0 bridgehead atoms. The highest BCUT2D eigenvalue weighted by Crippen LogP contribution is 2.25. The number of hydrogen-bond donors (Lipinski definition) is 2. The van der Waals surface area contributed by atoms with E-state index in [9.17, 15) is 0 Å². The predicted molar refractivity (Wildman–Crippen MR) is 73.5 cm³/mol. The summed E-state index contributed by atoms with van der Waals surface area (Å²) in [5, 5.41) is 11.9. The highest BCUT2D eigenvalue weighted by Gasteiger charge is 2.28. The van der Waals surface area contributed by atoms with Crippen LogP contribution in [-0.2, 0) is 4.74 Å². The number of piperidine rings is 1. The van der Waals surface area contributed by atoms with Crippen molar-refractivity contribution in [2.75, 3.05) is 25.1 Å². The van der Waals surface area contributed by atoms with Gasteiger partial charge in [0.15, 0.2) is 5.84 Å². The summed E-state index contributed by atoms with van der Waals surface area (Å²) in [5.41, 5.74) is 6.35. The Morgan fingerprint density at radius 1 is 1.63 bits per heavy atom. The van der Waals surface area contributed by atoms with Crippen LogP contribution in [0.4, 0.5) is 5.82 Å². The first-order chi connectivity index (χ1) is 9.17. The smallest absolute Gasteiger partial charge is 0.173 e. The molecule has 0 saturated carbocycles. The van der Waals surface area contributed by atoms with Gasteiger partial charge in [0.05, 0.1) is 11.7 Å². The summed E-state index contributed by atoms with van der Waals surface area (Å²) in [7, 11) is 1.73. The van der Waals surface area contributed by atoms with Crippen LogP contribution < -0.4 is 10.6 Å². The van der Waals surface area contributed by atoms with Crippen molar-refractivity contribution in [1.29, 1.82) is 0 Å². The second kappa shape index (κ2) is 5.88. The summed E-state index contributed by atoms with van der Waals surface area (Å²) in [4.78, 5) is 6.49. The molecule has 1 aliphatic rings. The molecule has 1 aromatic rings. The van der Waals surface area contributed by atoms with Crippen molar-refractivity contribution in [2.45, 2.75) is 19.4 Å². The fourth-order valence-corrected chi connectivity index (χ4v) is 2.44. The molecule has 3 N–H and O–H groups in total. The molecule has 1 saturated heterocycles. The van der Waals surface area contributed by atoms with Crippen LogP contribution in [0.25, 0.3) is 0 Å². The molecule has 2 rings (SSSR count). The van der Waals surface area contributed by atoms with Gasteiger partial charge in [-0.15, -0.1) is 0 Å². The second-order valence-electron chi connectivity index (χ2n) is 4.85. The van der Waals surface area contributed by atoms with E-state index in [1.165, 1.54) is 0 Å². The highest BCUT2D eigenvalue weighted by atomic mass is 16.5. The molecule has 2 unspecified atom stereocenters. The van der Waals surface area contributed by atoms with E-state index < -0.39 is 0 Å². The Balaban J connectivity index is 2.27. The molecule has 104 valence electrons. The topological polar surface area (TPSA) is 84.0 Å². The van der Waals surface area contributed by atoms with Gasteiger partial charge in [-0.05, 0) is 24.5 Å². The number of anilines is 1. The Morgan fingerprint density at radius 3 is 3.11 bits per heavy atom. The molecule has 2 atom stereocenters. The molecule has 0 radical (unpaired) electrons. The van der Waals surface area contributed by atoms with Gasteiger partial charge in [0, 0.05) is 26.4 Å². The number of amidine groups is 1. The number of nitrogens with zero attached hydrogens (tertiary/aromatic N) is 3. The Morgan fingerprint density at radius 2 is 2.42 bits per heavy atom. The van der Waals surface area contributed by atoms with Gasteiger partial charge in [-0.25, -0.2) is 4.98 Å². The average molecular weight is 264 g/mol. The fraction of sp³-hybridized carbons (Fsp3) is 0.538. The van der Waals surface area contributed by atoms with E-state index in [1.54, 1.807) is 25.4 Å². The SMILES string of the molecule is COC1CN(c2ncccc2/C(N)=N/O)CCC1C. The minimum atomic E-state index is 0.0793. The van der Waals surface area contributed by atoms with Gasteiger partial charge < -0.3 is 20.6 Å². The third-order valence-corrected chi connectivity index (χ3v) is 3.66. The van der Waals surface area contributed by atoms with Gasteiger partial charge in [-0.3, -0.25) is 0 Å². The monoisotopic (exact) mass is 264 g/mol. The molecule has 6 nitrogen and oxygen atoms in total. The molecular formula is C13H20N4O2. The molecule has 0 aliphatic carbocycles. The van der Waals surface area contributed by atoms with Gasteiger partial charge >= 0.3 is 0 Å². The standard InChI is InChI=1S/C13H20N4O2/c1-9-5-7-17(8-11(9)19-2)13-10(12(14)16-18)4-3-6-15-13/h3-4,6,9,11,18H,5,7-8H2,1-2H3,(H2,14,16). The largest absolute Gasteiger partial charge is 0.409 e. The number of rotatable bonds is 3. The summed E-state index contributed by atoms with van der Waals surface area (Å²) in [6.45, 7) is 3.85. The predicted octanol–water partition coefficient (Wildman–Crippen LogP) is 1.04. The van der Waals surface area contributed by atoms with E-state index in [2.05, 4.69) is 22.0 Å². The van der Waals surface area contributed by atoms with Crippen molar-refractivity contribution >= 4 is 11.7 Å². The first kappa shape index (κ1) is 13.6. The number of methoxy groups -OCH3 is 1. The number of nitrogens with two attached hydrogens (primary N) is 1. The molecule has 19 heavy (non-hydrogen) atoms. The van der Waals surface area contributed by atoms with Crippen molar-refractivity contribution in [3.63, 3.8) is 0 Å². The lowest BCUT2D eigenvalue weighted by Gasteiger charge is -2.37. The van der Waals surface area contributed by atoms with Gasteiger partial charge in [0.25, 0.3) is 0 Å². The molecule has 0 amide bonds. The van der Waals surface area contributed by atoms with Crippen molar-refractivity contribution < 1.29 is 9.94 Å². The fourth-order valence-electron chi connectivity index (χ4n) is 2.44. The lowest BCUT2D eigenvalue weighted by atomic mass is 9.95. The third kappa shape index (κ3) is 2.78. The lowest BCUT2D eigenvalue weighted by molar-refractivity contribution is 0.0496. The first-order valence-corrected chi connectivity index (χ1v) is 6.38. The van der Waals surface area contributed by atoms with Crippen molar-refractivity contribution in [2.24, 2.45) is 16.8 Å². The Bertz CT molecular complexity index is 464. The van der Waals surface area contributed by atoms with E-state index >= 15 is 0 Å². The lowest BCUT2D eigenvalue weighted by Crippen LogP contribution is -2.45. The van der Waals surface area contributed by atoms with Crippen LogP contribution in [-0.4, -0.2) is 42.3 Å². The number of ether oxygens (including phenoxy) is 1. The Kier molecular flexibility index (Phi) is 4.21. The summed E-state index contributed by atoms with van der Waals surface area (Å²) in [5.74, 6) is 1.35. The zero-order valence-electron chi connectivity index (χ0n) is 11.3. The summed E-state index contributed by atoms with van der Waals surface area (Å²) < 4.78 is 5.50. The summed E-state index contributed by atoms with van der Waals surface area (Å²) in [6.07, 6.45) is 2.92. The second-order valence-corrected chi connectivity index (χ2v) is 4.85. The Hall–Kier alpha value is -1.82. The molecule has 1 aliphatic heterocycles. The van der Waals surface area contributed by atoms with Crippen LogP contribution in [0.2, 0.25) is 0 Å². The summed E-state index contributed by atoms with van der Waals surface area (Å²) >= 11 is 0. The van der Waals surface area contributed by atoms with Crippen LogP contribution >= 0.6 is 0 Å². The van der Waals surface area contributed by atoms with E-state index in [-0.39, 0.29) is 11.9 Å². The molecule has 1 fully saturated rings. The van der Waals surface area contributed by atoms with E-state index in [1.807, 2.05) is 0 Å². The Labute approximate surface area is 112 Å². The third-order valence-electron chi connectivity index (χ3n) is 3.66. The minimum Gasteiger partial charge on any atom is -0.409 e. The zero-order chi connectivity index (χ0) is 13.8. The molecule has 6 heteroatoms. The van der Waals surface area contributed by atoms with Crippen molar-refractivity contribution in [3.05, 3.63) is 23.9 Å². The zero-order valence-corrected chi connectivity index (χ0v) is 11.3. The van der Waals surface area contributed by atoms with Crippen molar-refractivity contribution in [3.8, 4) is 0 Å². The number of pyridine rings is 1. The maximum absolute atomic E-state index is 8.84. The quantitative estimate of drug-likeness (QED) is 0.369. The average Bonchev–Trinajstić information content (AvgIpc) is 2.47. The number of oxime groups is 1. The van der Waals surface area contributed by atoms with Gasteiger partial charge in [-0.1, -0.05) is 12.1 Å². The van der Waals surface area contributed by atoms with Gasteiger partial charge in [-0.2, -0.15) is 0 Å². The normalized spacial score (nSPS) is 24.5. The van der Waals surface area contributed by atoms with E-state index in [4.69, 9.17) is 15.7 Å². The van der Waals surface area contributed by atoms with Crippen LogP contribution in [0.1, 0.15) is 18.9 Å². The molecular weight excluding hydrogens is 244 g/mol. The molecule has 0 aromatic carbocycles. The van der Waals surface area contributed by atoms with E-state index in [0.717, 1.165) is 25.3 Å². The summed E-state index contributed by atoms with van der Waals surface area (Å²) in [6, 6.07) is 3.58. The number of aromatic nitrogens is 1. The molecule has 0 spiro atoms. The van der Waals surface area contributed by atoms with Gasteiger partial charge in [0.2, 0.25) is 0 Å². The molecule has 1 aromatic heterocycles. The van der Waals surface area contributed by atoms with Crippen LogP contribution in [0.15, 0.2) is 23.5 Å². The van der Waals surface area contributed by atoms with Crippen molar-refractivity contribution in [1.82, 2.24) is 4.98 Å². The van der Waals surface area contributed by atoms with E-state index in [0.29, 0.717) is 11.5 Å². The van der Waals surface area contributed by atoms with Crippen LogP contribution in [0, 0.1) is 5.92 Å². The maximum Gasteiger partial charge on any atom is 0.173 e. The van der Waals surface area contributed by atoms with Gasteiger partial charge in [0.1, 0.15) is 5.82 Å². The minimum absolute atomic E-state index is 0.0793. The van der Waals surface area contributed by atoms with Crippen LogP contribution in [0.5, 0.6) is 0 Å². The first-order valence-electron chi connectivity index (χ1n) is 6.38. The molecule has 2 heterocycles. The highest BCUT2D eigenvalue weighted by molar-refractivity contribution is 6.01. The number of hydrogen-bond acceptors (Lipinski definition) is 5. The van der Waals surface area contributed by atoms with Crippen LogP contribution in [0.3, 0.4) is 0 Å².